The summed E-state index contributed by atoms with van der Waals surface area (Å²) in [5.74, 6) is -1.37. The molecule has 0 radical (unpaired) electrons. The van der Waals surface area contributed by atoms with Crippen LogP contribution >= 0.6 is 22.9 Å². The summed E-state index contributed by atoms with van der Waals surface area (Å²) in [6.07, 6.45) is 0. The Kier molecular flexibility index (Phi) is 4.50. The topological polar surface area (TPSA) is 36.4 Å². The van der Waals surface area contributed by atoms with E-state index in [1.54, 1.807) is 11.0 Å². The lowest BCUT2D eigenvalue weighted by atomic mass is 10.1. The van der Waals surface area contributed by atoms with Gasteiger partial charge in [-0.05, 0) is 24.3 Å². The number of para-hydroxylation sites is 1. The van der Waals surface area contributed by atoms with Crippen LogP contribution in [-0.2, 0) is 0 Å². The number of hydrogen-bond acceptors (Lipinski definition) is 4. The van der Waals surface area contributed by atoms with Gasteiger partial charge in [0.15, 0.2) is 5.13 Å². The number of aromatic nitrogens is 1. The molecule has 0 atom stereocenters. The second-order valence-corrected chi connectivity index (χ2v) is 7.38. The minimum atomic E-state index is -0.619. The molecule has 0 N–H and O–H groups in total. The summed E-state index contributed by atoms with van der Waals surface area (Å²) in [5.41, 5.74) is 0.272. The summed E-state index contributed by atoms with van der Waals surface area (Å²) >= 11 is 7.41. The molecule has 4 rings (SSSR count). The molecule has 2 heterocycles. The van der Waals surface area contributed by atoms with Gasteiger partial charge < -0.3 is 9.80 Å². The van der Waals surface area contributed by atoms with Crippen LogP contribution in [0, 0.1) is 11.6 Å². The highest BCUT2D eigenvalue weighted by atomic mass is 35.5. The van der Waals surface area contributed by atoms with Crippen LogP contribution in [0.2, 0.25) is 5.02 Å². The fourth-order valence-electron chi connectivity index (χ4n) is 3.00. The van der Waals surface area contributed by atoms with Crippen molar-refractivity contribution in [3.05, 3.63) is 58.6 Å². The lowest BCUT2D eigenvalue weighted by Crippen LogP contribution is -2.49. The third kappa shape index (κ3) is 3.01. The number of benzene rings is 2. The van der Waals surface area contributed by atoms with Crippen molar-refractivity contribution in [2.45, 2.75) is 0 Å². The van der Waals surface area contributed by atoms with Gasteiger partial charge in [-0.1, -0.05) is 35.1 Å². The summed E-state index contributed by atoms with van der Waals surface area (Å²) in [5, 5.41) is 0.834. The molecule has 4 nitrogen and oxygen atoms in total. The molecular weight excluding hydrogens is 380 g/mol. The monoisotopic (exact) mass is 393 g/mol. The van der Waals surface area contributed by atoms with E-state index >= 15 is 0 Å². The Hall–Kier alpha value is -2.25. The largest absolute Gasteiger partial charge is 0.345 e. The number of amides is 1. The van der Waals surface area contributed by atoms with Gasteiger partial charge in [0, 0.05) is 26.2 Å². The molecule has 0 spiro atoms. The number of rotatable bonds is 2. The van der Waals surface area contributed by atoms with Crippen LogP contribution in [0.4, 0.5) is 13.9 Å². The van der Waals surface area contributed by atoms with Crippen molar-refractivity contribution in [1.82, 2.24) is 9.88 Å². The van der Waals surface area contributed by atoms with Crippen molar-refractivity contribution in [1.29, 1.82) is 0 Å². The van der Waals surface area contributed by atoms with Crippen molar-refractivity contribution in [2.75, 3.05) is 31.1 Å². The number of carbonyl (C=O) groups excluding carboxylic acids is 1. The molecule has 1 aliphatic rings. The van der Waals surface area contributed by atoms with E-state index in [4.69, 9.17) is 11.6 Å². The molecule has 0 bridgehead atoms. The first kappa shape index (κ1) is 17.2. The third-order valence-electron chi connectivity index (χ3n) is 4.37. The lowest BCUT2D eigenvalue weighted by molar-refractivity contribution is 0.0742. The maximum absolute atomic E-state index is 14.0. The first-order valence-corrected chi connectivity index (χ1v) is 9.27. The van der Waals surface area contributed by atoms with Gasteiger partial charge in [0.05, 0.1) is 15.3 Å². The third-order valence-corrected chi connectivity index (χ3v) is 5.77. The second-order valence-electron chi connectivity index (χ2n) is 5.96. The Morgan fingerprint density at radius 1 is 1.04 bits per heavy atom. The number of anilines is 1. The summed E-state index contributed by atoms with van der Waals surface area (Å²) < 4.78 is 28.6. The van der Waals surface area contributed by atoms with Crippen LogP contribution in [0.25, 0.3) is 10.2 Å². The Morgan fingerprint density at radius 2 is 1.73 bits per heavy atom. The molecule has 134 valence electrons. The number of fused-ring (bicyclic) bond motifs is 1. The van der Waals surface area contributed by atoms with Gasteiger partial charge in [-0.3, -0.25) is 4.79 Å². The van der Waals surface area contributed by atoms with Crippen molar-refractivity contribution in [3.63, 3.8) is 0 Å². The molecule has 1 amide bonds. The minimum absolute atomic E-state index is 0.0929. The van der Waals surface area contributed by atoms with E-state index in [1.807, 2.05) is 11.0 Å². The zero-order valence-corrected chi connectivity index (χ0v) is 15.2. The lowest BCUT2D eigenvalue weighted by Gasteiger charge is -2.34. The highest BCUT2D eigenvalue weighted by molar-refractivity contribution is 7.22. The Morgan fingerprint density at radius 3 is 2.42 bits per heavy atom. The van der Waals surface area contributed by atoms with Gasteiger partial charge in [0.25, 0.3) is 5.91 Å². The fourth-order valence-corrected chi connectivity index (χ4v) is 4.28. The highest BCUT2D eigenvalue weighted by Gasteiger charge is 2.27. The second kappa shape index (κ2) is 6.81. The summed E-state index contributed by atoms with van der Waals surface area (Å²) in [4.78, 5) is 20.6. The van der Waals surface area contributed by atoms with Crippen LogP contribution in [0.3, 0.4) is 0 Å². The molecule has 1 aliphatic heterocycles. The number of nitrogens with zero attached hydrogens (tertiary/aromatic N) is 3. The number of piperazine rings is 1. The maximum atomic E-state index is 14.0. The van der Waals surface area contributed by atoms with E-state index in [1.165, 1.54) is 35.6 Å². The van der Waals surface area contributed by atoms with E-state index in [-0.39, 0.29) is 16.4 Å². The van der Waals surface area contributed by atoms with Gasteiger partial charge in [0.1, 0.15) is 17.2 Å². The zero-order valence-electron chi connectivity index (χ0n) is 13.6. The Labute approximate surface area is 157 Å². The average Bonchev–Trinajstić information content (AvgIpc) is 3.07. The zero-order chi connectivity index (χ0) is 18.3. The van der Waals surface area contributed by atoms with E-state index in [9.17, 15) is 13.6 Å². The molecule has 0 unspecified atom stereocenters. The van der Waals surface area contributed by atoms with E-state index < -0.39 is 11.7 Å². The number of halogens is 3. The molecule has 8 heteroatoms. The molecule has 1 aromatic heterocycles. The average molecular weight is 394 g/mol. The van der Waals surface area contributed by atoms with Crippen molar-refractivity contribution in [3.8, 4) is 0 Å². The highest BCUT2D eigenvalue weighted by Crippen LogP contribution is 2.31. The Bertz CT molecular complexity index is 965. The predicted octanol–water partition coefficient (Wildman–Crippen LogP) is 4.19. The molecule has 1 saturated heterocycles. The first-order valence-electron chi connectivity index (χ1n) is 8.08. The smallest absolute Gasteiger partial charge is 0.258 e. The molecule has 1 fully saturated rings. The summed E-state index contributed by atoms with van der Waals surface area (Å²) in [6, 6.07) is 9.09. The molecular formula is C18H14ClF2N3OS. The van der Waals surface area contributed by atoms with Gasteiger partial charge in [-0.2, -0.15) is 0 Å². The van der Waals surface area contributed by atoms with Gasteiger partial charge in [0.2, 0.25) is 0 Å². The summed E-state index contributed by atoms with van der Waals surface area (Å²) in [6.45, 7) is 1.92. The van der Waals surface area contributed by atoms with E-state index in [0.717, 1.165) is 9.83 Å². The standard InChI is InChI=1S/C18H14ClF2N3OS/c19-11-3-1-4-12(20)15(11)17(25)23-7-9-24(10-8-23)18-22-16-13(21)5-2-6-14(16)26-18/h1-6H,7-10H2. The molecule has 0 saturated carbocycles. The van der Waals surface area contributed by atoms with Crippen LogP contribution < -0.4 is 4.90 Å². The van der Waals surface area contributed by atoms with Crippen LogP contribution in [0.15, 0.2) is 36.4 Å². The van der Waals surface area contributed by atoms with E-state index in [2.05, 4.69) is 4.98 Å². The van der Waals surface area contributed by atoms with Crippen LogP contribution in [0.1, 0.15) is 10.4 Å². The molecule has 2 aromatic carbocycles. The van der Waals surface area contributed by atoms with Gasteiger partial charge in [-0.15, -0.1) is 0 Å². The molecule has 26 heavy (non-hydrogen) atoms. The number of hydrogen-bond donors (Lipinski definition) is 0. The Balaban J connectivity index is 1.50. The minimum Gasteiger partial charge on any atom is -0.345 e. The van der Waals surface area contributed by atoms with Crippen LogP contribution in [0.5, 0.6) is 0 Å². The van der Waals surface area contributed by atoms with E-state index in [0.29, 0.717) is 31.7 Å². The first-order chi connectivity index (χ1) is 12.5. The number of carbonyl (C=O) groups is 1. The molecule has 0 aliphatic carbocycles. The van der Waals surface area contributed by atoms with Gasteiger partial charge in [-0.25, -0.2) is 13.8 Å². The maximum Gasteiger partial charge on any atom is 0.258 e. The van der Waals surface area contributed by atoms with Crippen molar-refractivity contribution < 1.29 is 13.6 Å². The quantitative estimate of drug-likeness (QED) is 0.655. The predicted molar refractivity (Wildman–Crippen MR) is 99.1 cm³/mol. The molecule has 3 aromatic rings. The fraction of sp³-hybridized carbons (Fsp3) is 0.222. The number of thiazole rings is 1. The SMILES string of the molecule is O=C(c1c(F)cccc1Cl)N1CCN(c2nc3c(F)cccc3s2)CC1. The summed E-state index contributed by atoms with van der Waals surface area (Å²) in [7, 11) is 0. The van der Waals surface area contributed by atoms with Crippen molar-refractivity contribution in [2.24, 2.45) is 0 Å². The van der Waals surface area contributed by atoms with Gasteiger partial charge >= 0.3 is 0 Å². The normalized spacial score (nSPS) is 14.9. The van der Waals surface area contributed by atoms with Crippen LogP contribution in [-0.4, -0.2) is 42.0 Å². The van der Waals surface area contributed by atoms with Crippen molar-refractivity contribution >= 4 is 44.2 Å².